The molecule has 0 bridgehead atoms. The SMILES string of the molecule is O=C=Nc1ccc2nc(N3CCOCC3)sc2c1. The van der Waals surface area contributed by atoms with Gasteiger partial charge in [0, 0.05) is 13.1 Å². The zero-order chi connectivity index (χ0) is 12.4. The molecule has 3 rings (SSSR count). The average molecular weight is 261 g/mol. The van der Waals surface area contributed by atoms with Gasteiger partial charge in [-0.25, -0.2) is 9.78 Å². The molecule has 1 aliphatic heterocycles. The number of ether oxygens (including phenoxy) is 1. The largest absolute Gasteiger partial charge is 0.378 e. The number of hydrogen-bond donors (Lipinski definition) is 0. The molecule has 0 aliphatic carbocycles. The van der Waals surface area contributed by atoms with Crippen LogP contribution in [-0.4, -0.2) is 37.4 Å². The summed E-state index contributed by atoms with van der Waals surface area (Å²) in [4.78, 5) is 20.7. The van der Waals surface area contributed by atoms with Crippen molar-refractivity contribution in [1.82, 2.24) is 4.98 Å². The van der Waals surface area contributed by atoms with Gasteiger partial charge in [-0.1, -0.05) is 11.3 Å². The highest BCUT2D eigenvalue weighted by Gasteiger charge is 2.15. The number of carbonyl (C=O) groups excluding carboxylic acids is 1. The Morgan fingerprint density at radius 1 is 1.39 bits per heavy atom. The van der Waals surface area contributed by atoms with Gasteiger partial charge in [0.1, 0.15) is 0 Å². The van der Waals surface area contributed by atoms with E-state index in [0.29, 0.717) is 5.69 Å². The molecule has 0 N–H and O–H groups in total. The number of hydrogen-bond acceptors (Lipinski definition) is 6. The lowest BCUT2D eigenvalue weighted by molar-refractivity contribution is 0.122. The zero-order valence-corrected chi connectivity index (χ0v) is 10.4. The first-order valence-electron chi connectivity index (χ1n) is 5.68. The molecule has 1 aromatic heterocycles. The summed E-state index contributed by atoms with van der Waals surface area (Å²) in [6.07, 6.45) is 1.55. The lowest BCUT2D eigenvalue weighted by Crippen LogP contribution is -2.36. The van der Waals surface area contributed by atoms with E-state index in [0.717, 1.165) is 41.7 Å². The number of nitrogens with zero attached hydrogens (tertiary/aromatic N) is 3. The summed E-state index contributed by atoms with van der Waals surface area (Å²) in [5, 5.41) is 1.00. The zero-order valence-electron chi connectivity index (χ0n) is 9.63. The molecule has 0 unspecified atom stereocenters. The molecule has 18 heavy (non-hydrogen) atoms. The minimum absolute atomic E-state index is 0.620. The number of aliphatic imine (C=N–C) groups is 1. The molecule has 0 spiro atoms. The van der Waals surface area contributed by atoms with Gasteiger partial charge in [0.05, 0.1) is 29.1 Å². The second-order valence-corrected chi connectivity index (χ2v) is 4.96. The van der Waals surface area contributed by atoms with Gasteiger partial charge >= 0.3 is 0 Å². The Kier molecular flexibility index (Phi) is 3.06. The van der Waals surface area contributed by atoms with Gasteiger partial charge in [0.2, 0.25) is 6.08 Å². The fourth-order valence-corrected chi connectivity index (χ4v) is 2.96. The van der Waals surface area contributed by atoms with Gasteiger partial charge in [-0.2, -0.15) is 4.99 Å². The monoisotopic (exact) mass is 261 g/mol. The van der Waals surface area contributed by atoms with Crippen molar-refractivity contribution in [1.29, 1.82) is 0 Å². The number of anilines is 1. The third-order valence-corrected chi connectivity index (χ3v) is 3.90. The molecule has 1 saturated heterocycles. The summed E-state index contributed by atoms with van der Waals surface area (Å²) < 4.78 is 6.36. The van der Waals surface area contributed by atoms with Gasteiger partial charge in [0.15, 0.2) is 5.13 Å². The maximum absolute atomic E-state index is 10.2. The quantitative estimate of drug-likeness (QED) is 0.613. The molecule has 2 heterocycles. The summed E-state index contributed by atoms with van der Waals surface area (Å²) in [6, 6.07) is 5.52. The second kappa shape index (κ2) is 4.86. The van der Waals surface area contributed by atoms with E-state index in [1.807, 2.05) is 12.1 Å². The van der Waals surface area contributed by atoms with E-state index in [2.05, 4.69) is 14.9 Å². The molecule has 1 fully saturated rings. The van der Waals surface area contributed by atoms with E-state index in [-0.39, 0.29) is 0 Å². The first-order valence-corrected chi connectivity index (χ1v) is 6.49. The summed E-state index contributed by atoms with van der Waals surface area (Å²) in [5.41, 5.74) is 1.56. The third-order valence-electron chi connectivity index (χ3n) is 2.82. The van der Waals surface area contributed by atoms with Crippen molar-refractivity contribution < 1.29 is 9.53 Å². The molecule has 5 nitrogen and oxygen atoms in total. The highest BCUT2D eigenvalue weighted by molar-refractivity contribution is 7.22. The van der Waals surface area contributed by atoms with Gasteiger partial charge in [-0.05, 0) is 18.2 Å². The van der Waals surface area contributed by atoms with E-state index in [1.165, 1.54) is 0 Å². The highest BCUT2D eigenvalue weighted by atomic mass is 32.1. The van der Waals surface area contributed by atoms with Gasteiger partial charge < -0.3 is 9.64 Å². The van der Waals surface area contributed by atoms with E-state index in [1.54, 1.807) is 23.5 Å². The molecule has 1 aliphatic rings. The third kappa shape index (κ3) is 2.13. The van der Waals surface area contributed by atoms with E-state index < -0.39 is 0 Å². The first-order chi connectivity index (χ1) is 8.86. The Bertz CT molecular complexity index is 613. The molecule has 0 amide bonds. The predicted octanol–water partition coefficient (Wildman–Crippen LogP) is 2.10. The Morgan fingerprint density at radius 2 is 2.22 bits per heavy atom. The molecule has 6 heteroatoms. The van der Waals surface area contributed by atoms with E-state index in [4.69, 9.17) is 4.74 Å². The molecular weight excluding hydrogens is 250 g/mol. The number of fused-ring (bicyclic) bond motifs is 1. The minimum Gasteiger partial charge on any atom is -0.378 e. The summed E-state index contributed by atoms with van der Waals surface area (Å²) in [7, 11) is 0. The van der Waals surface area contributed by atoms with Crippen LogP contribution in [0.15, 0.2) is 23.2 Å². The van der Waals surface area contributed by atoms with Crippen molar-refractivity contribution in [3.8, 4) is 0 Å². The Hall–Kier alpha value is -1.75. The van der Waals surface area contributed by atoms with Crippen molar-refractivity contribution in [2.45, 2.75) is 0 Å². The maximum Gasteiger partial charge on any atom is 0.240 e. The molecule has 0 atom stereocenters. The Labute approximate surface area is 108 Å². The van der Waals surface area contributed by atoms with Crippen LogP contribution >= 0.6 is 11.3 Å². The molecule has 1 aromatic carbocycles. The van der Waals surface area contributed by atoms with Crippen LogP contribution in [0.25, 0.3) is 10.2 Å². The number of rotatable bonds is 2. The van der Waals surface area contributed by atoms with Crippen molar-refractivity contribution in [2.75, 3.05) is 31.2 Å². The van der Waals surface area contributed by atoms with E-state index in [9.17, 15) is 4.79 Å². The fraction of sp³-hybridized carbons (Fsp3) is 0.333. The van der Waals surface area contributed by atoms with Crippen LogP contribution in [0.1, 0.15) is 0 Å². The standard InChI is InChI=1S/C12H11N3O2S/c16-8-13-9-1-2-10-11(7-9)18-12(14-10)15-3-5-17-6-4-15/h1-2,7H,3-6H2. The van der Waals surface area contributed by atoms with Crippen LogP contribution < -0.4 is 4.90 Å². The maximum atomic E-state index is 10.2. The van der Waals surface area contributed by atoms with Crippen molar-refractivity contribution in [3.63, 3.8) is 0 Å². The molecule has 0 saturated carbocycles. The summed E-state index contributed by atoms with van der Waals surface area (Å²) >= 11 is 1.61. The Morgan fingerprint density at radius 3 is 3.00 bits per heavy atom. The molecule has 2 aromatic rings. The molecule has 0 radical (unpaired) electrons. The lowest BCUT2D eigenvalue weighted by atomic mass is 10.3. The van der Waals surface area contributed by atoms with Gasteiger partial charge in [-0.15, -0.1) is 0 Å². The van der Waals surface area contributed by atoms with Gasteiger partial charge in [0.25, 0.3) is 0 Å². The average Bonchev–Trinajstić information content (AvgIpc) is 2.83. The van der Waals surface area contributed by atoms with Crippen LogP contribution in [0.5, 0.6) is 0 Å². The van der Waals surface area contributed by atoms with Crippen LogP contribution in [0.4, 0.5) is 10.8 Å². The van der Waals surface area contributed by atoms with Crippen LogP contribution in [0.2, 0.25) is 0 Å². The minimum atomic E-state index is 0.620. The molecule has 92 valence electrons. The Balaban J connectivity index is 1.96. The summed E-state index contributed by atoms with van der Waals surface area (Å²) in [5.74, 6) is 0. The van der Waals surface area contributed by atoms with Gasteiger partial charge in [-0.3, -0.25) is 0 Å². The lowest BCUT2D eigenvalue weighted by Gasteiger charge is -2.25. The number of morpholine rings is 1. The van der Waals surface area contributed by atoms with Crippen LogP contribution in [0.3, 0.4) is 0 Å². The van der Waals surface area contributed by atoms with Crippen LogP contribution in [0, 0.1) is 0 Å². The number of aromatic nitrogens is 1. The predicted molar refractivity (Wildman–Crippen MR) is 70.4 cm³/mol. The first kappa shape index (κ1) is 11.3. The smallest absolute Gasteiger partial charge is 0.240 e. The second-order valence-electron chi connectivity index (χ2n) is 3.95. The van der Waals surface area contributed by atoms with E-state index >= 15 is 0 Å². The topological polar surface area (TPSA) is 54.8 Å². The van der Waals surface area contributed by atoms with Crippen molar-refractivity contribution in [2.24, 2.45) is 4.99 Å². The fourth-order valence-electron chi connectivity index (χ4n) is 1.91. The number of benzene rings is 1. The number of thiazole rings is 1. The summed E-state index contributed by atoms with van der Waals surface area (Å²) in [6.45, 7) is 3.24. The molecular formula is C12H11N3O2S. The normalized spacial score (nSPS) is 15.7. The van der Waals surface area contributed by atoms with Crippen molar-refractivity contribution in [3.05, 3.63) is 18.2 Å². The van der Waals surface area contributed by atoms with Crippen molar-refractivity contribution >= 4 is 38.5 Å². The van der Waals surface area contributed by atoms with Crippen LogP contribution in [-0.2, 0) is 9.53 Å². The highest BCUT2D eigenvalue weighted by Crippen LogP contribution is 2.31. The number of isocyanates is 1.